The highest BCUT2D eigenvalue weighted by atomic mass is 16.6. The first-order chi connectivity index (χ1) is 11.7. The van der Waals surface area contributed by atoms with E-state index in [9.17, 15) is 4.79 Å². The minimum absolute atomic E-state index is 0.265. The number of carbonyl (C=O) groups excluding carboxylic acids is 1. The molecule has 1 saturated heterocycles. The van der Waals surface area contributed by atoms with Crippen LogP contribution in [0.1, 0.15) is 32.8 Å². The van der Waals surface area contributed by atoms with E-state index < -0.39 is 5.60 Å². The quantitative estimate of drug-likeness (QED) is 0.501. The molecular formula is C17H30N6O2. The number of aryl methyl sites for hydroxylation is 2. The molecule has 0 unspecified atom stereocenters. The van der Waals surface area contributed by atoms with E-state index in [1.165, 1.54) is 5.56 Å². The molecular weight excluding hydrogens is 320 g/mol. The number of nitrogens with zero attached hydrogens (tertiary/aromatic N) is 5. The number of aromatic nitrogens is 2. The Hall–Kier alpha value is -2.25. The van der Waals surface area contributed by atoms with Crippen molar-refractivity contribution in [3.63, 3.8) is 0 Å². The summed E-state index contributed by atoms with van der Waals surface area (Å²) in [5.74, 6) is 0.551. The fourth-order valence-electron chi connectivity index (χ4n) is 2.62. The molecule has 2 N–H and O–H groups in total. The number of piperazine rings is 1. The maximum atomic E-state index is 12.1. The monoisotopic (exact) mass is 350 g/mol. The smallest absolute Gasteiger partial charge is 0.410 e. The van der Waals surface area contributed by atoms with Gasteiger partial charge in [-0.25, -0.2) is 4.79 Å². The molecule has 0 atom stereocenters. The van der Waals surface area contributed by atoms with Crippen molar-refractivity contribution in [1.29, 1.82) is 0 Å². The zero-order valence-corrected chi connectivity index (χ0v) is 15.7. The fourth-order valence-corrected chi connectivity index (χ4v) is 2.62. The molecule has 8 heteroatoms. The van der Waals surface area contributed by atoms with Gasteiger partial charge in [0.25, 0.3) is 0 Å². The Kier molecular flexibility index (Phi) is 6.27. The van der Waals surface area contributed by atoms with Crippen LogP contribution in [0, 0.1) is 0 Å². The summed E-state index contributed by atoms with van der Waals surface area (Å²) in [7, 11) is 1.91. The number of ether oxygens (including phenoxy) is 1. The van der Waals surface area contributed by atoms with E-state index in [0.717, 1.165) is 12.8 Å². The third kappa shape index (κ3) is 6.28. The molecule has 0 saturated carbocycles. The fraction of sp³-hybridized carbons (Fsp3) is 0.706. The molecule has 0 radical (unpaired) electrons. The number of nitrogens with two attached hydrogens (primary N) is 1. The third-order valence-corrected chi connectivity index (χ3v) is 3.91. The van der Waals surface area contributed by atoms with Gasteiger partial charge in [0.05, 0.1) is 6.20 Å². The molecule has 1 amide bonds. The van der Waals surface area contributed by atoms with Crippen LogP contribution in [0.4, 0.5) is 4.79 Å². The number of rotatable bonds is 4. The summed E-state index contributed by atoms with van der Waals surface area (Å²) >= 11 is 0. The highest BCUT2D eigenvalue weighted by Crippen LogP contribution is 2.11. The van der Waals surface area contributed by atoms with Gasteiger partial charge < -0.3 is 20.3 Å². The molecule has 8 nitrogen and oxygen atoms in total. The van der Waals surface area contributed by atoms with Crippen molar-refractivity contribution in [3.05, 3.63) is 18.0 Å². The number of amides is 1. The summed E-state index contributed by atoms with van der Waals surface area (Å²) in [6.45, 7) is 8.86. The molecule has 1 aromatic heterocycles. The first kappa shape index (κ1) is 19.1. The van der Waals surface area contributed by atoms with Crippen LogP contribution in [-0.4, -0.2) is 70.0 Å². The molecule has 1 fully saturated rings. The Morgan fingerprint density at radius 3 is 2.48 bits per heavy atom. The molecule has 25 heavy (non-hydrogen) atoms. The van der Waals surface area contributed by atoms with Crippen LogP contribution >= 0.6 is 0 Å². The highest BCUT2D eigenvalue weighted by Gasteiger charge is 2.26. The van der Waals surface area contributed by atoms with E-state index in [1.807, 2.05) is 45.1 Å². The van der Waals surface area contributed by atoms with E-state index in [1.54, 1.807) is 9.58 Å². The van der Waals surface area contributed by atoms with Crippen molar-refractivity contribution in [2.75, 3.05) is 32.7 Å². The maximum absolute atomic E-state index is 12.1. The second-order valence-electron chi connectivity index (χ2n) is 7.32. The standard InChI is InChI=1S/C17H30N6O2/c1-17(2,3)25-16(24)23-10-8-22(9-11-23)15(18)19-7-5-6-14-12-20-21(4)13-14/h12-13H,5-11H2,1-4H3,(H2,18,19). The number of guanidine groups is 1. The van der Waals surface area contributed by atoms with Gasteiger partial charge in [0.15, 0.2) is 5.96 Å². The van der Waals surface area contributed by atoms with Crippen molar-refractivity contribution in [1.82, 2.24) is 19.6 Å². The summed E-state index contributed by atoms with van der Waals surface area (Å²) in [6.07, 6.45) is 5.51. The third-order valence-electron chi connectivity index (χ3n) is 3.91. The van der Waals surface area contributed by atoms with Crippen LogP contribution in [0.2, 0.25) is 0 Å². The van der Waals surface area contributed by atoms with E-state index in [0.29, 0.717) is 38.7 Å². The second kappa shape index (κ2) is 8.22. The summed E-state index contributed by atoms with van der Waals surface area (Å²) < 4.78 is 7.20. The SMILES string of the molecule is Cn1cc(CCCN=C(N)N2CCN(C(=O)OC(C)(C)C)CC2)cn1. The van der Waals surface area contributed by atoms with Gasteiger partial charge in [-0.15, -0.1) is 0 Å². The largest absolute Gasteiger partial charge is 0.444 e. The van der Waals surface area contributed by atoms with Crippen LogP contribution in [0.25, 0.3) is 0 Å². The predicted octanol–water partition coefficient (Wildman–Crippen LogP) is 1.22. The zero-order chi connectivity index (χ0) is 18.4. The Bertz CT molecular complexity index is 597. The zero-order valence-electron chi connectivity index (χ0n) is 15.7. The molecule has 1 aromatic rings. The minimum atomic E-state index is -0.469. The highest BCUT2D eigenvalue weighted by molar-refractivity contribution is 5.78. The molecule has 2 heterocycles. The average molecular weight is 350 g/mol. The summed E-state index contributed by atoms with van der Waals surface area (Å²) in [6, 6.07) is 0. The molecule has 0 spiro atoms. The van der Waals surface area contributed by atoms with Crippen LogP contribution < -0.4 is 5.73 Å². The van der Waals surface area contributed by atoms with Gasteiger partial charge in [0.2, 0.25) is 0 Å². The second-order valence-corrected chi connectivity index (χ2v) is 7.32. The van der Waals surface area contributed by atoms with Gasteiger partial charge >= 0.3 is 6.09 Å². The van der Waals surface area contributed by atoms with Crippen molar-refractivity contribution < 1.29 is 9.53 Å². The van der Waals surface area contributed by atoms with Gasteiger partial charge in [-0.2, -0.15) is 5.10 Å². The van der Waals surface area contributed by atoms with Crippen LogP contribution in [0.15, 0.2) is 17.4 Å². The first-order valence-corrected chi connectivity index (χ1v) is 8.75. The molecule has 0 aromatic carbocycles. The van der Waals surface area contributed by atoms with E-state index in [-0.39, 0.29) is 6.09 Å². The number of carbonyl (C=O) groups is 1. The maximum Gasteiger partial charge on any atom is 0.410 e. The van der Waals surface area contributed by atoms with Gasteiger partial charge in [0, 0.05) is 46.0 Å². The van der Waals surface area contributed by atoms with E-state index >= 15 is 0 Å². The molecule has 2 rings (SSSR count). The van der Waals surface area contributed by atoms with Gasteiger partial charge in [-0.3, -0.25) is 9.67 Å². The van der Waals surface area contributed by atoms with Crippen molar-refractivity contribution in [2.45, 2.75) is 39.2 Å². The van der Waals surface area contributed by atoms with Gasteiger partial charge in [0.1, 0.15) is 5.60 Å². The normalized spacial score (nSPS) is 16.2. The topological polar surface area (TPSA) is 89.0 Å². The summed E-state index contributed by atoms with van der Waals surface area (Å²) in [5, 5.41) is 4.15. The van der Waals surface area contributed by atoms with Gasteiger partial charge in [-0.05, 0) is 39.2 Å². The summed E-state index contributed by atoms with van der Waals surface area (Å²) in [4.78, 5) is 20.3. The van der Waals surface area contributed by atoms with E-state index in [2.05, 4.69) is 10.1 Å². The molecule has 0 bridgehead atoms. The Morgan fingerprint density at radius 1 is 1.28 bits per heavy atom. The van der Waals surface area contributed by atoms with E-state index in [4.69, 9.17) is 10.5 Å². The molecule has 0 aliphatic carbocycles. The van der Waals surface area contributed by atoms with Crippen molar-refractivity contribution in [3.8, 4) is 0 Å². The van der Waals surface area contributed by atoms with Crippen LogP contribution in [0.5, 0.6) is 0 Å². The Morgan fingerprint density at radius 2 is 1.92 bits per heavy atom. The van der Waals surface area contributed by atoms with Crippen molar-refractivity contribution in [2.24, 2.45) is 17.8 Å². The number of hydrogen-bond donors (Lipinski definition) is 1. The first-order valence-electron chi connectivity index (χ1n) is 8.75. The average Bonchev–Trinajstić information content (AvgIpc) is 2.95. The van der Waals surface area contributed by atoms with Crippen molar-refractivity contribution >= 4 is 12.1 Å². The molecule has 140 valence electrons. The number of hydrogen-bond acceptors (Lipinski definition) is 4. The Balaban J connectivity index is 1.71. The lowest BCUT2D eigenvalue weighted by atomic mass is 10.2. The number of aliphatic imine (C=N–C) groups is 1. The lowest BCUT2D eigenvalue weighted by Crippen LogP contribution is -2.53. The Labute approximate surface area is 149 Å². The molecule has 1 aliphatic rings. The summed E-state index contributed by atoms with van der Waals surface area (Å²) in [5.41, 5.74) is 6.82. The lowest BCUT2D eigenvalue weighted by molar-refractivity contribution is 0.0186. The van der Waals surface area contributed by atoms with Gasteiger partial charge in [-0.1, -0.05) is 0 Å². The molecule has 1 aliphatic heterocycles. The van der Waals surface area contributed by atoms with Crippen LogP contribution in [-0.2, 0) is 18.2 Å². The minimum Gasteiger partial charge on any atom is -0.444 e. The van der Waals surface area contributed by atoms with Crippen LogP contribution in [0.3, 0.4) is 0 Å². The predicted molar refractivity (Wildman–Crippen MR) is 97.4 cm³/mol. The lowest BCUT2D eigenvalue weighted by Gasteiger charge is -2.36.